The fraction of sp³-hybridized carbons (Fsp3) is 0.364. The zero-order valence-electron chi connectivity index (χ0n) is 14.6. The van der Waals surface area contributed by atoms with Crippen molar-refractivity contribution in [2.24, 2.45) is 5.92 Å². The van der Waals surface area contributed by atoms with Gasteiger partial charge in [-0.3, -0.25) is 0 Å². The van der Waals surface area contributed by atoms with Gasteiger partial charge in [0.2, 0.25) is 0 Å². The van der Waals surface area contributed by atoms with Crippen molar-refractivity contribution in [1.82, 2.24) is 0 Å². The molecule has 0 fully saturated rings. The maximum absolute atomic E-state index is 13.8. The number of fused-ring (bicyclic) bond motifs is 5. The molecule has 128 valence electrons. The highest BCUT2D eigenvalue weighted by molar-refractivity contribution is 8.08. The third-order valence-corrected chi connectivity index (χ3v) is 7.61. The van der Waals surface area contributed by atoms with E-state index >= 15 is 0 Å². The molecule has 0 bridgehead atoms. The van der Waals surface area contributed by atoms with E-state index in [1.54, 1.807) is 12.1 Å². The van der Waals surface area contributed by atoms with Crippen molar-refractivity contribution in [3.05, 3.63) is 70.5 Å². The van der Waals surface area contributed by atoms with Crippen LogP contribution in [0.25, 0.3) is 4.91 Å². The molecule has 0 radical (unpaired) electrons. The van der Waals surface area contributed by atoms with Gasteiger partial charge in [-0.1, -0.05) is 44.2 Å². The third kappa shape index (κ3) is 2.21. The molecular weight excluding hydrogens is 329 g/mol. The Labute approximate surface area is 152 Å². The minimum absolute atomic E-state index is 0.0431. The largest absolute Gasteiger partial charge is 0.378 e. The molecule has 1 nitrogen and oxygen atoms in total. The van der Waals surface area contributed by atoms with Crippen LogP contribution < -0.4 is 5.32 Å². The quantitative estimate of drug-likeness (QED) is 0.661. The summed E-state index contributed by atoms with van der Waals surface area (Å²) in [7, 11) is 0. The van der Waals surface area contributed by atoms with Gasteiger partial charge in [0.25, 0.3) is 0 Å². The average molecular weight is 351 g/mol. The number of aryl methyl sites for hydroxylation is 1. The Morgan fingerprint density at radius 3 is 2.84 bits per heavy atom. The second-order valence-corrected chi connectivity index (χ2v) is 8.99. The highest BCUT2D eigenvalue weighted by Gasteiger charge is 2.47. The molecule has 2 unspecified atom stereocenters. The Hall–Kier alpha value is -1.74. The standard InChI is InChI=1S/C22H22FNS/c1-22(2)17-10-8-14(23)11-19(17)24-20-16-9-7-13-5-3-4-6-15(13)21(16)25-12-18(20)22/h3-6,8,10-11,18,20,24H,7,9,12H2,1-2H3. The summed E-state index contributed by atoms with van der Waals surface area (Å²) < 4.78 is 13.8. The predicted molar refractivity (Wildman–Crippen MR) is 104 cm³/mol. The van der Waals surface area contributed by atoms with Crippen LogP contribution in [0.5, 0.6) is 0 Å². The molecule has 2 aromatic rings. The molecule has 0 aromatic heterocycles. The average Bonchev–Trinajstić information content (AvgIpc) is 2.61. The highest BCUT2D eigenvalue weighted by atomic mass is 32.2. The number of nitrogens with one attached hydrogen (secondary N) is 1. The van der Waals surface area contributed by atoms with Crippen LogP contribution in [0.2, 0.25) is 0 Å². The first-order valence-corrected chi connectivity index (χ1v) is 10.0. The second kappa shape index (κ2) is 5.38. The van der Waals surface area contributed by atoms with Crippen molar-refractivity contribution < 1.29 is 4.39 Å². The molecule has 0 saturated heterocycles. The van der Waals surface area contributed by atoms with Gasteiger partial charge in [-0.05, 0) is 52.7 Å². The SMILES string of the molecule is CC1(C)c2ccc(F)cc2NC2C3=C(SCC21)c1ccccc1CC3. The molecule has 0 amide bonds. The van der Waals surface area contributed by atoms with Crippen molar-refractivity contribution in [3.8, 4) is 0 Å². The molecule has 25 heavy (non-hydrogen) atoms. The van der Waals surface area contributed by atoms with Crippen LogP contribution in [0.1, 0.15) is 37.0 Å². The Morgan fingerprint density at radius 1 is 1.12 bits per heavy atom. The lowest BCUT2D eigenvalue weighted by Gasteiger charge is -2.50. The molecule has 5 rings (SSSR count). The van der Waals surface area contributed by atoms with Gasteiger partial charge in [0.15, 0.2) is 0 Å². The second-order valence-electron chi connectivity index (χ2n) is 7.96. The maximum Gasteiger partial charge on any atom is 0.125 e. The van der Waals surface area contributed by atoms with Crippen molar-refractivity contribution in [1.29, 1.82) is 0 Å². The fourth-order valence-corrected chi connectivity index (χ4v) is 6.60. The zero-order chi connectivity index (χ0) is 17.2. The van der Waals surface area contributed by atoms with Gasteiger partial charge in [0, 0.05) is 22.3 Å². The molecule has 0 saturated carbocycles. The number of anilines is 1. The van der Waals surface area contributed by atoms with E-state index in [-0.39, 0.29) is 11.2 Å². The number of halogens is 1. The summed E-state index contributed by atoms with van der Waals surface area (Å²) in [4.78, 5) is 1.46. The number of rotatable bonds is 0. The van der Waals surface area contributed by atoms with Crippen molar-refractivity contribution in [3.63, 3.8) is 0 Å². The first kappa shape index (κ1) is 15.5. The Kier molecular flexibility index (Phi) is 3.34. The van der Waals surface area contributed by atoms with Crippen molar-refractivity contribution >= 4 is 22.4 Å². The van der Waals surface area contributed by atoms with Crippen LogP contribution in [0, 0.1) is 11.7 Å². The van der Waals surface area contributed by atoms with E-state index in [0.717, 1.165) is 24.3 Å². The van der Waals surface area contributed by atoms with Gasteiger partial charge in [-0.2, -0.15) is 0 Å². The molecule has 0 spiro atoms. The monoisotopic (exact) mass is 351 g/mol. The number of hydrogen-bond donors (Lipinski definition) is 1. The summed E-state index contributed by atoms with van der Waals surface area (Å²) in [6, 6.07) is 14.4. The van der Waals surface area contributed by atoms with E-state index in [1.807, 2.05) is 17.8 Å². The Morgan fingerprint density at radius 2 is 1.96 bits per heavy atom. The summed E-state index contributed by atoms with van der Waals surface area (Å²) in [5, 5.41) is 3.71. The molecule has 2 aromatic carbocycles. The van der Waals surface area contributed by atoms with E-state index in [0.29, 0.717) is 12.0 Å². The van der Waals surface area contributed by atoms with Crippen LogP contribution in [-0.4, -0.2) is 11.8 Å². The van der Waals surface area contributed by atoms with Gasteiger partial charge in [-0.25, -0.2) is 4.39 Å². The third-order valence-electron chi connectivity index (χ3n) is 6.32. The molecule has 2 atom stereocenters. The smallest absolute Gasteiger partial charge is 0.125 e. The van der Waals surface area contributed by atoms with E-state index in [2.05, 4.69) is 43.4 Å². The Balaban J connectivity index is 1.65. The van der Waals surface area contributed by atoms with Crippen LogP contribution in [0.4, 0.5) is 10.1 Å². The van der Waals surface area contributed by atoms with Gasteiger partial charge in [-0.15, -0.1) is 11.8 Å². The summed E-state index contributed by atoms with van der Waals surface area (Å²) in [5.74, 6) is 1.47. The van der Waals surface area contributed by atoms with Crippen LogP contribution in [0.3, 0.4) is 0 Å². The topological polar surface area (TPSA) is 12.0 Å². The molecule has 2 heterocycles. The highest BCUT2D eigenvalue weighted by Crippen LogP contribution is 2.54. The lowest BCUT2D eigenvalue weighted by molar-refractivity contribution is 0.310. The first-order valence-electron chi connectivity index (χ1n) is 9.06. The molecule has 1 N–H and O–H groups in total. The van der Waals surface area contributed by atoms with Gasteiger partial charge in [0.05, 0.1) is 6.04 Å². The number of benzene rings is 2. The first-order chi connectivity index (χ1) is 12.1. The summed E-state index contributed by atoms with van der Waals surface area (Å²) in [6.45, 7) is 4.65. The summed E-state index contributed by atoms with van der Waals surface area (Å²) >= 11 is 2.02. The summed E-state index contributed by atoms with van der Waals surface area (Å²) in [6.07, 6.45) is 2.21. The fourth-order valence-electron chi connectivity index (χ4n) is 4.87. The van der Waals surface area contributed by atoms with Gasteiger partial charge < -0.3 is 5.32 Å². The lowest BCUT2D eigenvalue weighted by atomic mass is 9.65. The van der Waals surface area contributed by atoms with Crippen molar-refractivity contribution in [2.45, 2.75) is 38.1 Å². The van der Waals surface area contributed by atoms with Crippen molar-refractivity contribution in [2.75, 3.05) is 11.1 Å². The van der Waals surface area contributed by atoms with E-state index in [4.69, 9.17) is 0 Å². The maximum atomic E-state index is 13.8. The molecule has 1 aliphatic carbocycles. The van der Waals surface area contributed by atoms with Gasteiger partial charge in [0.1, 0.15) is 5.82 Å². The molecule has 3 aliphatic rings. The molecular formula is C22H22FNS. The van der Waals surface area contributed by atoms with E-state index in [9.17, 15) is 4.39 Å². The Bertz CT molecular complexity index is 899. The minimum Gasteiger partial charge on any atom is -0.378 e. The lowest BCUT2D eigenvalue weighted by Crippen LogP contribution is -2.50. The van der Waals surface area contributed by atoms with E-state index < -0.39 is 0 Å². The predicted octanol–water partition coefficient (Wildman–Crippen LogP) is 5.62. The number of thioether (sulfide) groups is 1. The van der Waals surface area contributed by atoms with Crippen LogP contribution >= 0.6 is 11.8 Å². The zero-order valence-corrected chi connectivity index (χ0v) is 15.4. The molecule has 2 aliphatic heterocycles. The summed E-state index contributed by atoms with van der Waals surface area (Å²) in [5.41, 5.74) is 6.68. The molecule has 3 heteroatoms. The van der Waals surface area contributed by atoms with E-state index in [1.165, 1.54) is 27.2 Å². The van der Waals surface area contributed by atoms with Gasteiger partial charge >= 0.3 is 0 Å². The number of hydrogen-bond acceptors (Lipinski definition) is 2. The van der Waals surface area contributed by atoms with Crippen LogP contribution in [-0.2, 0) is 11.8 Å². The van der Waals surface area contributed by atoms with Crippen LogP contribution in [0.15, 0.2) is 48.0 Å². The minimum atomic E-state index is -0.158. The normalized spacial score (nSPS) is 26.0.